The third-order valence-electron chi connectivity index (χ3n) is 10.8. The number of hydrogen-bond acceptors (Lipinski definition) is 12. The van der Waals surface area contributed by atoms with Gasteiger partial charge < -0.3 is 29.9 Å². The van der Waals surface area contributed by atoms with Crippen LogP contribution in [0.5, 0.6) is 23.0 Å². The molecule has 0 bridgehead atoms. The van der Waals surface area contributed by atoms with Crippen LogP contribution in [0.1, 0.15) is 61.8 Å². The molecule has 6 aromatic rings. The van der Waals surface area contributed by atoms with Crippen molar-refractivity contribution in [2.75, 3.05) is 52.6 Å². The molecule has 4 heterocycles. The maximum atomic E-state index is 12.5. The number of rotatable bonds is 10. The SMILES string of the molecule is CC(C)c1cc(-c2n[nH]c(=O)n2-c2ccc(CN3CCOCC3)cc2)c(O)cc1O.CC(C)c1cc(-c2n[nH]c(=O)n2-c2ccc(CN3CCOCC3)cc2)c(O)cc1O.Cl. The number of benzene rings is 4. The van der Waals surface area contributed by atoms with Gasteiger partial charge in [-0.15, -0.1) is 12.4 Å². The Hall–Kier alpha value is -5.91. The summed E-state index contributed by atoms with van der Waals surface area (Å²) < 4.78 is 13.6. The molecule has 17 heteroatoms. The van der Waals surface area contributed by atoms with Crippen LogP contribution >= 0.6 is 12.4 Å². The number of H-pyrrole nitrogens is 2. The second kappa shape index (κ2) is 19.6. The van der Waals surface area contributed by atoms with Crippen molar-refractivity contribution in [2.24, 2.45) is 0 Å². The number of aromatic nitrogens is 6. The van der Waals surface area contributed by atoms with Crippen LogP contribution in [0.25, 0.3) is 34.2 Å². The molecule has 4 aromatic carbocycles. The van der Waals surface area contributed by atoms with E-state index in [1.165, 1.54) is 21.3 Å². The van der Waals surface area contributed by atoms with Crippen LogP contribution in [0.2, 0.25) is 0 Å². The number of hydrogen-bond donors (Lipinski definition) is 6. The molecule has 2 aliphatic heterocycles. The van der Waals surface area contributed by atoms with Crippen LogP contribution in [-0.2, 0) is 22.6 Å². The average molecular weight is 857 g/mol. The number of nitrogens with one attached hydrogen (secondary N) is 2. The lowest BCUT2D eigenvalue weighted by Crippen LogP contribution is -2.35. The lowest BCUT2D eigenvalue weighted by molar-refractivity contribution is 0.0341. The maximum Gasteiger partial charge on any atom is 0.348 e. The molecular weight excluding hydrogens is 804 g/mol. The van der Waals surface area contributed by atoms with E-state index in [1.807, 2.05) is 76.2 Å². The van der Waals surface area contributed by atoms with Gasteiger partial charge in [0.05, 0.1) is 48.9 Å². The molecule has 61 heavy (non-hydrogen) atoms. The summed E-state index contributed by atoms with van der Waals surface area (Å²) in [6.45, 7) is 16.1. The zero-order valence-electron chi connectivity index (χ0n) is 34.7. The molecule has 6 N–H and O–H groups in total. The van der Waals surface area contributed by atoms with Crippen molar-refractivity contribution >= 4 is 12.4 Å². The summed E-state index contributed by atoms with van der Waals surface area (Å²) in [5.41, 5.74) is 4.90. The number of ether oxygens (including phenoxy) is 2. The molecule has 0 spiro atoms. The number of aromatic hydroxyl groups is 4. The minimum Gasteiger partial charge on any atom is -0.508 e. The van der Waals surface area contributed by atoms with Gasteiger partial charge in [-0.1, -0.05) is 52.0 Å². The topological polar surface area (TPSA) is 207 Å². The molecule has 0 unspecified atom stereocenters. The minimum atomic E-state index is -0.399. The van der Waals surface area contributed by atoms with Crippen molar-refractivity contribution in [2.45, 2.75) is 52.6 Å². The van der Waals surface area contributed by atoms with Crippen LogP contribution in [0.3, 0.4) is 0 Å². The van der Waals surface area contributed by atoms with E-state index in [1.54, 1.807) is 12.1 Å². The van der Waals surface area contributed by atoms with Gasteiger partial charge in [-0.2, -0.15) is 10.2 Å². The molecule has 16 nitrogen and oxygen atoms in total. The lowest BCUT2D eigenvalue weighted by atomic mass is 9.98. The van der Waals surface area contributed by atoms with Gasteiger partial charge in [0.15, 0.2) is 11.6 Å². The normalized spacial score (nSPS) is 14.8. The predicted octanol–water partition coefficient (Wildman–Crippen LogP) is 5.61. The number of aromatic amines is 2. The maximum absolute atomic E-state index is 12.5. The second-order valence-corrected chi connectivity index (χ2v) is 15.7. The molecule has 0 radical (unpaired) electrons. The van der Waals surface area contributed by atoms with Gasteiger partial charge in [0.2, 0.25) is 0 Å². The third-order valence-corrected chi connectivity index (χ3v) is 10.8. The van der Waals surface area contributed by atoms with E-state index in [9.17, 15) is 30.0 Å². The highest BCUT2D eigenvalue weighted by Crippen LogP contribution is 2.38. The molecule has 2 aromatic heterocycles. The fraction of sp³-hybridized carbons (Fsp3) is 0.364. The molecule has 0 aliphatic carbocycles. The Labute approximate surface area is 359 Å². The van der Waals surface area contributed by atoms with E-state index in [2.05, 4.69) is 30.2 Å². The van der Waals surface area contributed by atoms with E-state index in [0.717, 1.165) is 76.8 Å². The summed E-state index contributed by atoms with van der Waals surface area (Å²) in [7, 11) is 0. The van der Waals surface area contributed by atoms with Crippen LogP contribution in [-0.4, -0.2) is 112 Å². The Morgan fingerprint density at radius 1 is 0.557 bits per heavy atom. The van der Waals surface area contributed by atoms with Gasteiger partial charge in [0, 0.05) is 51.4 Å². The largest absolute Gasteiger partial charge is 0.508 e. The number of phenols is 4. The Morgan fingerprint density at radius 2 is 0.902 bits per heavy atom. The summed E-state index contributed by atoms with van der Waals surface area (Å²) in [6, 6.07) is 21.4. The molecule has 0 saturated carbocycles. The Balaban J connectivity index is 0.000000201. The predicted molar refractivity (Wildman–Crippen MR) is 234 cm³/mol. The monoisotopic (exact) mass is 856 g/mol. The second-order valence-electron chi connectivity index (χ2n) is 15.7. The van der Waals surface area contributed by atoms with Crippen LogP contribution in [0.15, 0.2) is 82.4 Å². The summed E-state index contributed by atoms with van der Waals surface area (Å²) in [5.74, 6) is 0.431. The molecule has 8 rings (SSSR count). The number of halogens is 1. The highest BCUT2D eigenvalue weighted by molar-refractivity contribution is 5.85. The Kier molecular flexibility index (Phi) is 14.4. The van der Waals surface area contributed by atoms with Crippen molar-refractivity contribution in [1.29, 1.82) is 0 Å². The highest BCUT2D eigenvalue weighted by Gasteiger charge is 2.22. The van der Waals surface area contributed by atoms with Gasteiger partial charge in [-0.3, -0.25) is 9.80 Å². The van der Waals surface area contributed by atoms with E-state index >= 15 is 0 Å². The van der Waals surface area contributed by atoms with Gasteiger partial charge in [0.25, 0.3) is 0 Å². The van der Waals surface area contributed by atoms with Crippen LogP contribution in [0, 0.1) is 0 Å². The first-order valence-corrected chi connectivity index (χ1v) is 20.1. The van der Waals surface area contributed by atoms with Crippen LogP contribution in [0.4, 0.5) is 0 Å². The smallest absolute Gasteiger partial charge is 0.348 e. The van der Waals surface area contributed by atoms with Crippen molar-refractivity contribution < 1.29 is 29.9 Å². The quantitative estimate of drug-likeness (QED) is 0.0995. The third kappa shape index (κ3) is 10.2. The highest BCUT2D eigenvalue weighted by atomic mass is 35.5. The van der Waals surface area contributed by atoms with Crippen molar-refractivity contribution in [1.82, 2.24) is 39.3 Å². The fourth-order valence-electron chi connectivity index (χ4n) is 7.44. The Morgan fingerprint density at radius 3 is 1.23 bits per heavy atom. The summed E-state index contributed by atoms with van der Waals surface area (Å²) in [6.07, 6.45) is 0. The summed E-state index contributed by atoms with van der Waals surface area (Å²) >= 11 is 0. The number of nitrogens with zero attached hydrogens (tertiary/aromatic N) is 6. The standard InChI is InChI=1S/2C22H26N4O4.ClH/c2*1-14(2)17-11-18(20(28)12-19(17)27)21-23-24-22(29)26(21)16-5-3-15(4-6-16)13-25-7-9-30-10-8-25;/h2*3-6,11-12,14,27-28H,7-10,13H2,1-2H3,(H,24,29);1H. The first-order valence-electron chi connectivity index (χ1n) is 20.1. The molecular formula is C44H53ClN8O8. The minimum absolute atomic E-state index is 0. The van der Waals surface area contributed by atoms with Gasteiger partial charge in [-0.05, 0) is 70.5 Å². The van der Waals surface area contributed by atoms with E-state index in [0.29, 0.717) is 45.3 Å². The zero-order valence-corrected chi connectivity index (χ0v) is 35.5. The first-order chi connectivity index (χ1) is 28.9. The molecule has 2 aliphatic rings. The molecule has 0 atom stereocenters. The number of morpholine rings is 2. The summed E-state index contributed by atoms with van der Waals surface area (Å²) in [4.78, 5) is 29.7. The molecule has 0 amide bonds. The summed E-state index contributed by atoms with van der Waals surface area (Å²) in [5, 5.41) is 54.3. The zero-order chi connectivity index (χ0) is 42.5. The molecule has 2 fully saturated rings. The van der Waals surface area contributed by atoms with Crippen LogP contribution < -0.4 is 11.4 Å². The molecule has 324 valence electrons. The van der Waals surface area contributed by atoms with E-state index in [4.69, 9.17) is 9.47 Å². The number of phenolic OH excluding ortho intramolecular Hbond substituents is 4. The van der Waals surface area contributed by atoms with Gasteiger partial charge >= 0.3 is 11.4 Å². The fourth-order valence-corrected chi connectivity index (χ4v) is 7.44. The van der Waals surface area contributed by atoms with Crippen molar-refractivity contribution in [3.05, 3.63) is 116 Å². The van der Waals surface area contributed by atoms with Gasteiger partial charge in [-0.25, -0.2) is 28.9 Å². The van der Waals surface area contributed by atoms with E-state index in [-0.39, 0.29) is 47.2 Å². The van der Waals surface area contributed by atoms with E-state index < -0.39 is 11.4 Å². The average Bonchev–Trinajstić information content (AvgIpc) is 3.81. The Bertz CT molecular complexity index is 2340. The molecule has 2 saturated heterocycles. The lowest BCUT2D eigenvalue weighted by Gasteiger charge is -2.26. The van der Waals surface area contributed by atoms with Gasteiger partial charge in [0.1, 0.15) is 23.0 Å². The van der Waals surface area contributed by atoms with Crippen molar-refractivity contribution in [3.8, 4) is 57.1 Å². The first kappa shape index (κ1) is 44.6. The van der Waals surface area contributed by atoms with Crippen molar-refractivity contribution in [3.63, 3.8) is 0 Å².